The van der Waals surface area contributed by atoms with Crippen LogP contribution in [-0.2, 0) is 9.59 Å². The number of carbonyl (C=O) groups excluding carboxylic acids is 2. The molecule has 4 heteroatoms. The minimum absolute atomic E-state index is 0.0908. The van der Waals surface area contributed by atoms with Crippen LogP contribution in [0.3, 0.4) is 0 Å². The minimum atomic E-state index is -0.127. The SMILES string of the molecule is C=C(C)C(=O)NCCCNC(=O)CCCC. The van der Waals surface area contributed by atoms with Gasteiger partial charge in [0.05, 0.1) is 0 Å². The second-order valence-corrected chi connectivity index (χ2v) is 3.84. The van der Waals surface area contributed by atoms with Gasteiger partial charge in [0.25, 0.3) is 0 Å². The zero-order valence-electron chi connectivity index (χ0n) is 10.3. The van der Waals surface area contributed by atoms with Crippen molar-refractivity contribution in [2.75, 3.05) is 13.1 Å². The molecule has 2 N–H and O–H groups in total. The van der Waals surface area contributed by atoms with E-state index in [1.165, 1.54) is 0 Å². The molecule has 0 bridgehead atoms. The first-order valence-electron chi connectivity index (χ1n) is 5.78. The molecule has 2 amide bonds. The molecule has 0 aromatic heterocycles. The van der Waals surface area contributed by atoms with Crippen molar-refractivity contribution in [2.24, 2.45) is 0 Å². The summed E-state index contributed by atoms with van der Waals surface area (Å²) in [7, 11) is 0. The summed E-state index contributed by atoms with van der Waals surface area (Å²) in [5.74, 6) is -0.0367. The molecule has 92 valence electrons. The third-order valence-electron chi connectivity index (χ3n) is 2.11. The number of unbranched alkanes of at least 4 members (excludes halogenated alkanes) is 1. The van der Waals surface area contributed by atoms with Gasteiger partial charge in [-0.15, -0.1) is 0 Å². The maximum atomic E-state index is 11.2. The summed E-state index contributed by atoms with van der Waals surface area (Å²) in [5, 5.41) is 5.52. The van der Waals surface area contributed by atoms with Crippen LogP contribution >= 0.6 is 0 Å². The van der Waals surface area contributed by atoms with Gasteiger partial charge >= 0.3 is 0 Å². The predicted molar refractivity (Wildman–Crippen MR) is 65.0 cm³/mol. The van der Waals surface area contributed by atoms with Gasteiger partial charge in [-0.25, -0.2) is 0 Å². The normalized spacial score (nSPS) is 9.62. The highest BCUT2D eigenvalue weighted by Crippen LogP contribution is 1.92. The standard InChI is InChI=1S/C12H22N2O2/c1-4-5-7-11(15)13-8-6-9-14-12(16)10(2)3/h2,4-9H2,1,3H3,(H,13,15)(H,14,16). The first kappa shape index (κ1) is 14.7. The van der Waals surface area contributed by atoms with E-state index in [9.17, 15) is 9.59 Å². The fourth-order valence-corrected chi connectivity index (χ4v) is 1.09. The lowest BCUT2D eigenvalue weighted by atomic mass is 10.2. The number of nitrogens with one attached hydrogen (secondary N) is 2. The van der Waals surface area contributed by atoms with Gasteiger partial charge in [-0.3, -0.25) is 9.59 Å². The van der Waals surface area contributed by atoms with E-state index in [4.69, 9.17) is 0 Å². The van der Waals surface area contributed by atoms with Crippen molar-refractivity contribution in [3.8, 4) is 0 Å². The maximum Gasteiger partial charge on any atom is 0.246 e. The van der Waals surface area contributed by atoms with Crippen LogP contribution in [0.25, 0.3) is 0 Å². The molecule has 0 atom stereocenters. The van der Waals surface area contributed by atoms with Crippen molar-refractivity contribution < 1.29 is 9.59 Å². The van der Waals surface area contributed by atoms with Crippen LogP contribution in [0.1, 0.15) is 39.5 Å². The Labute approximate surface area is 97.5 Å². The average molecular weight is 226 g/mol. The van der Waals surface area contributed by atoms with Gasteiger partial charge in [-0.05, 0) is 19.8 Å². The van der Waals surface area contributed by atoms with Crippen LogP contribution in [0.15, 0.2) is 12.2 Å². The highest BCUT2D eigenvalue weighted by Gasteiger charge is 2.01. The van der Waals surface area contributed by atoms with Gasteiger partial charge in [-0.2, -0.15) is 0 Å². The number of hydrogen-bond acceptors (Lipinski definition) is 2. The molecule has 0 saturated carbocycles. The van der Waals surface area contributed by atoms with Gasteiger partial charge in [0.1, 0.15) is 0 Å². The second kappa shape index (κ2) is 8.95. The summed E-state index contributed by atoms with van der Waals surface area (Å²) in [5.41, 5.74) is 0.506. The molecule has 0 radical (unpaired) electrons. The predicted octanol–water partition coefficient (Wildman–Crippen LogP) is 1.38. The van der Waals surface area contributed by atoms with Crippen LogP contribution < -0.4 is 10.6 Å². The van der Waals surface area contributed by atoms with Gasteiger partial charge in [0.2, 0.25) is 11.8 Å². The van der Waals surface area contributed by atoms with E-state index < -0.39 is 0 Å². The lowest BCUT2D eigenvalue weighted by Gasteiger charge is -2.06. The van der Waals surface area contributed by atoms with E-state index in [1.807, 2.05) is 0 Å². The fraction of sp³-hybridized carbons (Fsp3) is 0.667. The molecule has 0 aliphatic carbocycles. The molecule has 0 saturated heterocycles. The molecule has 0 aromatic rings. The molecular formula is C12H22N2O2. The van der Waals surface area contributed by atoms with Crippen LogP contribution in [-0.4, -0.2) is 24.9 Å². The highest BCUT2D eigenvalue weighted by molar-refractivity contribution is 5.92. The number of hydrogen-bond donors (Lipinski definition) is 2. The Morgan fingerprint density at radius 2 is 1.75 bits per heavy atom. The van der Waals surface area contributed by atoms with E-state index in [0.717, 1.165) is 19.3 Å². The molecule has 0 aliphatic rings. The third kappa shape index (κ3) is 8.03. The van der Waals surface area contributed by atoms with Gasteiger partial charge in [-0.1, -0.05) is 19.9 Å². The van der Waals surface area contributed by atoms with Crippen LogP contribution in [0, 0.1) is 0 Å². The summed E-state index contributed by atoms with van der Waals surface area (Å²) in [6.45, 7) is 8.44. The first-order valence-corrected chi connectivity index (χ1v) is 5.78. The quantitative estimate of drug-likeness (QED) is 0.485. The third-order valence-corrected chi connectivity index (χ3v) is 2.11. The number of carbonyl (C=O) groups is 2. The maximum absolute atomic E-state index is 11.2. The smallest absolute Gasteiger partial charge is 0.246 e. The Morgan fingerprint density at radius 3 is 2.31 bits per heavy atom. The molecule has 0 rings (SSSR count). The lowest BCUT2D eigenvalue weighted by Crippen LogP contribution is -2.29. The topological polar surface area (TPSA) is 58.2 Å². The Kier molecular flexibility index (Phi) is 8.21. The zero-order valence-corrected chi connectivity index (χ0v) is 10.3. The summed E-state index contributed by atoms with van der Waals surface area (Å²) in [6, 6.07) is 0. The average Bonchev–Trinajstić information content (AvgIpc) is 2.25. The van der Waals surface area contributed by atoms with E-state index in [-0.39, 0.29) is 11.8 Å². The van der Waals surface area contributed by atoms with Crippen molar-refractivity contribution in [1.82, 2.24) is 10.6 Å². The van der Waals surface area contributed by atoms with Crippen molar-refractivity contribution in [3.63, 3.8) is 0 Å². The second-order valence-electron chi connectivity index (χ2n) is 3.84. The molecule has 0 heterocycles. The summed E-state index contributed by atoms with van der Waals surface area (Å²) in [6.07, 6.45) is 3.30. The fourth-order valence-electron chi connectivity index (χ4n) is 1.09. The van der Waals surface area contributed by atoms with Crippen molar-refractivity contribution >= 4 is 11.8 Å². The van der Waals surface area contributed by atoms with Crippen molar-refractivity contribution in [1.29, 1.82) is 0 Å². The zero-order chi connectivity index (χ0) is 12.4. The first-order chi connectivity index (χ1) is 7.57. The Morgan fingerprint density at radius 1 is 1.12 bits per heavy atom. The molecular weight excluding hydrogens is 204 g/mol. The highest BCUT2D eigenvalue weighted by atomic mass is 16.2. The van der Waals surface area contributed by atoms with Gasteiger partial charge in [0.15, 0.2) is 0 Å². The van der Waals surface area contributed by atoms with Gasteiger partial charge in [0, 0.05) is 25.1 Å². The lowest BCUT2D eigenvalue weighted by molar-refractivity contribution is -0.121. The van der Waals surface area contributed by atoms with Crippen LogP contribution in [0.2, 0.25) is 0 Å². The van der Waals surface area contributed by atoms with Crippen molar-refractivity contribution in [2.45, 2.75) is 39.5 Å². The Hall–Kier alpha value is -1.32. The molecule has 16 heavy (non-hydrogen) atoms. The summed E-state index contributed by atoms with van der Waals surface area (Å²) in [4.78, 5) is 22.3. The number of rotatable bonds is 8. The Balaban J connectivity index is 3.36. The Bertz CT molecular complexity index is 249. The van der Waals surface area contributed by atoms with E-state index in [1.54, 1.807) is 6.92 Å². The monoisotopic (exact) mass is 226 g/mol. The number of amides is 2. The molecule has 0 fully saturated rings. The van der Waals surface area contributed by atoms with E-state index >= 15 is 0 Å². The molecule has 0 unspecified atom stereocenters. The van der Waals surface area contributed by atoms with Crippen molar-refractivity contribution in [3.05, 3.63) is 12.2 Å². The van der Waals surface area contributed by atoms with Crippen LogP contribution in [0.5, 0.6) is 0 Å². The minimum Gasteiger partial charge on any atom is -0.356 e. The molecule has 0 spiro atoms. The van der Waals surface area contributed by atoms with Gasteiger partial charge < -0.3 is 10.6 Å². The molecule has 4 nitrogen and oxygen atoms in total. The largest absolute Gasteiger partial charge is 0.356 e. The van der Waals surface area contributed by atoms with E-state index in [2.05, 4.69) is 24.1 Å². The molecule has 0 aromatic carbocycles. The molecule has 0 aliphatic heterocycles. The summed E-state index contributed by atoms with van der Waals surface area (Å²) < 4.78 is 0. The van der Waals surface area contributed by atoms with Crippen LogP contribution in [0.4, 0.5) is 0 Å². The van der Waals surface area contributed by atoms with E-state index in [0.29, 0.717) is 25.1 Å². The summed E-state index contributed by atoms with van der Waals surface area (Å²) >= 11 is 0.